The fraction of sp³-hybridized carbons (Fsp3) is 0.867. The van der Waals surface area contributed by atoms with Gasteiger partial charge in [0.05, 0.1) is 25.0 Å². The Morgan fingerprint density at radius 1 is 1.25 bits per heavy atom. The van der Waals surface area contributed by atoms with Crippen LogP contribution < -0.4 is 0 Å². The van der Waals surface area contributed by atoms with E-state index in [9.17, 15) is 14.7 Å². The Morgan fingerprint density at radius 2 is 1.90 bits per heavy atom. The predicted molar refractivity (Wildman–Crippen MR) is 73.9 cm³/mol. The summed E-state index contributed by atoms with van der Waals surface area (Å²) in [7, 11) is 0. The van der Waals surface area contributed by atoms with Crippen LogP contribution in [-0.4, -0.2) is 35.4 Å². The zero-order valence-electron chi connectivity index (χ0n) is 12.8. The molecule has 0 radical (unpaired) electrons. The number of ether oxygens (including phenoxy) is 2. The average Bonchev–Trinajstić information content (AvgIpc) is 2.29. The average molecular weight is 286 g/mol. The molecule has 3 atom stereocenters. The molecule has 1 saturated carbocycles. The van der Waals surface area contributed by atoms with Crippen LogP contribution in [-0.2, 0) is 19.1 Å². The Kier molecular flexibility index (Phi) is 5.99. The highest BCUT2D eigenvalue weighted by Gasteiger charge is 2.35. The Morgan fingerprint density at radius 3 is 2.45 bits per heavy atom. The number of carbonyl (C=O) groups is 2. The molecule has 1 rings (SSSR count). The van der Waals surface area contributed by atoms with Gasteiger partial charge in [0.25, 0.3) is 0 Å². The van der Waals surface area contributed by atoms with Crippen molar-refractivity contribution in [3.63, 3.8) is 0 Å². The maximum absolute atomic E-state index is 11.8. The molecule has 20 heavy (non-hydrogen) atoms. The Bertz CT molecular complexity index is 345. The summed E-state index contributed by atoms with van der Waals surface area (Å²) in [6.45, 7) is 7.55. The standard InChI is InChI=1S/C15H26O5/c1-5-19-14(18)10-6-7-12(16)11(8-10)9-13(17)20-15(2,3)4/h10-12,16H,5-9H2,1-4H3/t10-,11-,12+/m1/s1. The number of carbonyl (C=O) groups excluding carboxylic acids is 2. The van der Waals surface area contributed by atoms with Crippen LogP contribution in [0.15, 0.2) is 0 Å². The molecule has 0 aromatic heterocycles. The largest absolute Gasteiger partial charge is 0.466 e. The third-order valence-electron chi connectivity index (χ3n) is 3.41. The molecule has 1 fully saturated rings. The van der Waals surface area contributed by atoms with Gasteiger partial charge in [-0.05, 0) is 52.9 Å². The van der Waals surface area contributed by atoms with Crippen LogP contribution in [0.5, 0.6) is 0 Å². The lowest BCUT2D eigenvalue weighted by Crippen LogP contribution is -2.36. The minimum absolute atomic E-state index is 0.147. The van der Waals surface area contributed by atoms with E-state index in [4.69, 9.17) is 9.47 Å². The summed E-state index contributed by atoms with van der Waals surface area (Å²) in [6, 6.07) is 0. The van der Waals surface area contributed by atoms with Gasteiger partial charge in [-0.3, -0.25) is 9.59 Å². The van der Waals surface area contributed by atoms with Crippen LogP contribution in [0.1, 0.15) is 53.4 Å². The third kappa shape index (κ3) is 5.49. The molecule has 1 N–H and O–H groups in total. The Hall–Kier alpha value is -1.10. The van der Waals surface area contributed by atoms with Crippen LogP contribution in [0, 0.1) is 11.8 Å². The van der Waals surface area contributed by atoms with Crippen LogP contribution in [0.4, 0.5) is 0 Å². The van der Waals surface area contributed by atoms with Gasteiger partial charge in [-0.15, -0.1) is 0 Å². The first-order valence-corrected chi connectivity index (χ1v) is 7.29. The van der Waals surface area contributed by atoms with Crippen molar-refractivity contribution in [2.45, 2.75) is 65.1 Å². The SMILES string of the molecule is CCOC(=O)[C@@H]1CC[C@H](O)[C@@H](CC(=O)OC(C)(C)C)C1. The van der Waals surface area contributed by atoms with Crippen molar-refractivity contribution in [3.05, 3.63) is 0 Å². The molecule has 5 nitrogen and oxygen atoms in total. The Balaban J connectivity index is 2.54. The van der Waals surface area contributed by atoms with E-state index < -0.39 is 11.7 Å². The van der Waals surface area contributed by atoms with E-state index in [1.165, 1.54) is 0 Å². The molecule has 1 aliphatic carbocycles. The van der Waals surface area contributed by atoms with E-state index in [0.717, 1.165) is 0 Å². The molecule has 0 amide bonds. The number of aliphatic hydroxyl groups is 1. The van der Waals surface area contributed by atoms with Crippen LogP contribution in [0.2, 0.25) is 0 Å². The molecule has 0 unspecified atom stereocenters. The lowest BCUT2D eigenvalue weighted by molar-refractivity contribution is -0.160. The molecule has 0 aromatic carbocycles. The number of hydrogen-bond donors (Lipinski definition) is 1. The fourth-order valence-electron chi connectivity index (χ4n) is 2.54. The molecule has 0 bridgehead atoms. The maximum Gasteiger partial charge on any atom is 0.308 e. The summed E-state index contributed by atoms with van der Waals surface area (Å²) in [5, 5.41) is 9.99. The highest BCUT2D eigenvalue weighted by atomic mass is 16.6. The molecular formula is C15H26O5. The number of aliphatic hydroxyl groups excluding tert-OH is 1. The first-order chi connectivity index (χ1) is 9.23. The minimum atomic E-state index is -0.548. The minimum Gasteiger partial charge on any atom is -0.466 e. The van der Waals surface area contributed by atoms with Crippen molar-refractivity contribution < 1.29 is 24.2 Å². The topological polar surface area (TPSA) is 72.8 Å². The van der Waals surface area contributed by atoms with Crippen LogP contribution in [0.25, 0.3) is 0 Å². The second-order valence-corrected chi connectivity index (χ2v) is 6.38. The van der Waals surface area contributed by atoms with Gasteiger partial charge in [0.2, 0.25) is 0 Å². The highest BCUT2D eigenvalue weighted by molar-refractivity contribution is 5.73. The molecule has 0 aromatic rings. The summed E-state index contributed by atoms with van der Waals surface area (Å²) in [4.78, 5) is 23.6. The van der Waals surface area contributed by atoms with Crippen molar-refractivity contribution in [2.75, 3.05) is 6.61 Å². The van der Waals surface area contributed by atoms with E-state index in [2.05, 4.69) is 0 Å². The van der Waals surface area contributed by atoms with Crippen molar-refractivity contribution >= 4 is 11.9 Å². The van der Waals surface area contributed by atoms with Crippen molar-refractivity contribution in [1.82, 2.24) is 0 Å². The molecule has 1 aliphatic rings. The third-order valence-corrected chi connectivity index (χ3v) is 3.41. The second-order valence-electron chi connectivity index (χ2n) is 6.38. The van der Waals surface area contributed by atoms with E-state index in [0.29, 0.717) is 25.9 Å². The predicted octanol–water partition coefficient (Wildman–Crippen LogP) is 2.06. The number of rotatable bonds is 4. The van der Waals surface area contributed by atoms with E-state index >= 15 is 0 Å². The molecule has 0 spiro atoms. The summed E-state index contributed by atoms with van der Waals surface area (Å²) in [5.41, 5.74) is -0.531. The van der Waals surface area contributed by atoms with Gasteiger partial charge in [0, 0.05) is 0 Å². The first kappa shape index (κ1) is 17.0. The normalized spacial score (nSPS) is 26.9. The molecule has 0 aliphatic heterocycles. The van der Waals surface area contributed by atoms with Crippen molar-refractivity contribution in [2.24, 2.45) is 11.8 Å². The quantitative estimate of drug-likeness (QED) is 0.801. The number of hydrogen-bond acceptors (Lipinski definition) is 5. The summed E-state index contributed by atoms with van der Waals surface area (Å²) < 4.78 is 10.3. The monoisotopic (exact) mass is 286 g/mol. The van der Waals surface area contributed by atoms with Crippen LogP contribution in [0.3, 0.4) is 0 Å². The summed E-state index contributed by atoms with van der Waals surface area (Å²) >= 11 is 0. The van der Waals surface area contributed by atoms with E-state index in [-0.39, 0.29) is 30.2 Å². The maximum atomic E-state index is 11.8. The van der Waals surface area contributed by atoms with Gasteiger partial charge in [0.1, 0.15) is 5.60 Å². The Labute approximate surface area is 120 Å². The van der Waals surface area contributed by atoms with Gasteiger partial charge in [-0.25, -0.2) is 0 Å². The lowest BCUT2D eigenvalue weighted by atomic mass is 9.78. The van der Waals surface area contributed by atoms with Gasteiger partial charge in [0.15, 0.2) is 0 Å². The number of esters is 2. The van der Waals surface area contributed by atoms with Gasteiger partial charge >= 0.3 is 11.9 Å². The zero-order chi connectivity index (χ0) is 15.3. The molecule has 5 heteroatoms. The molecule has 0 heterocycles. The van der Waals surface area contributed by atoms with E-state index in [1.54, 1.807) is 6.92 Å². The molecule has 0 saturated heterocycles. The lowest BCUT2D eigenvalue weighted by Gasteiger charge is -2.32. The second kappa shape index (κ2) is 7.07. The molecular weight excluding hydrogens is 260 g/mol. The van der Waals surface area contributed by atoms with E-state index in [1.807, 2.05) is 20.8 Å². The first-order valence-electron chi connectivity index (χ1n) is 7.29. The molecule has 116 valence electrons. The van der Waals surface area contributed by atoms with Gasteiger partial charge in [-0.1, -0.05) is 0 Å². The zero-order valence-corrected chi connectivity index (χ0v) is 12.8. The van der Waals surface area contributed by atoms with Crippen LogP contribution >= 0.6 is 0 Å². The summed E-state index contributed by atoms with van der Waals surface area (Å²) in [6.07, 6.45) is 1.23. The summed E-state index contributed by atoms with van der Waals surface area (Å²) in [5.74, 6) is -1.00. The van der Waals surface area contributed by atoms with Crippen molar-refractivity contribution in [1.29, 1.82) is 0 Å². The van der Waals surface area contributed by atoms with Crippen molar-refractivity contribution in [3.8, 4) is 0 Å². The highest BCUT2D eigenvalue weighted by Crippen LogP contribution is 2.33. The fourth-order valence-corrected chi connectivity index (χ4v) is 2.54. The van der Waals surface area contributed by atoms with Gasteiger partial charge in [-0.2, -0.15) is 0 Å². The smallest absolute Gasteiger partial charge is 0.308 e. The van der Waals surface area contributed by atoms with Gasteiger partial charge < -0.3 is 14.6 Å².